The van der Waals surface area contributed by atoms with Crippen LogP contribution in [0.2, 0.25) is 0 Å². The van der Waals surface area contributed by atoms with Crippen LogP contribution in [0.4, 0.5) is 0 Å². The maximum Gasteiger partial charge on any atom is 0.0210 e. The molecule has 14 heavy (non-hydrogen) atoms. The van der Waals surface area contributed by atoms with Gasteiger partial charge in [0, 0.05) is 25.2 Å². The minimum absolute atomic E-state index is 0.727. The number of rotatable bonds is 3. The molecular formula is C11H23N3. The topological polar surface area (TPSA) is 27.3 Å². The highest BCUT2D eigenvalue weighted by Gasteiger charge is 2.23. The van der Waals surface area contributed by atoms with Crippen molar-refractivity contribution in [3.05, 3.63) is 0 Å². The summed E-state index contributed by atoms with van der Waals surface area (Å²) in [7, 11) is 0. The first-order valence-corrected chi connectivity index (χ1v) is 6.07. The van der Waals surface area contributed by atoms with E-state index in [2.05, 4.69) is 22.5 Å². The highest BCUT2D eigenvalue weighted by atomic mass is 15.2. The minimum Gasteiger partial charge on any atom is -0.315 e. The summed E-state index contributed by atoms with van der Waals surface area (Å²) in [5.41, 5.74) is 0. The molecule has 2 heterocycles. The van der Waals surface area contributed by atoms with Crippen molar-refractivity contribution in [2.45, 2.75) is 38.3 Å². The molecule has 2 aliphatic heterocycles. The maximum absolute atomic E-state index is 3.78. The van der Waals surface area contributed by atoms with Gasteiger partial charge in [0.25, 0.3) is 0 Å². The third kappa shape index (κ3) is 2.69. The summed E-state index contributed by atoms with van der Waals surface area (Å²) in [4.78, 5) is 2.54. The van der Waals surface area contributed by atoms with Gasteiger partial charge in [-0.15, -0.1) is 0 Å². The Bertz CT molecular complexity index is 166. The molecule has 2 unspecified atom stereocenters. The fourth-order valence-electron chi connectivity index (χ4n) is 2.58. The number of likely N-dealkylation sites (tertiary alicyclic amines) is 1. The molecule has 0 bridgehead atoms. The fraction of sp³-hybridized carbons (Fsp3) is 1.00. The molecule has 0 aliphatic carbocycles. The first-order valence-electron chi connectivity index (χ1n) is 6.07. The van der Waals surface area contributed by atoms with E-state index in [1.54, 1.807) is 0 Å². The molecule has 2 rings (SSSR count). The number of hydrogen-bond donors (Lipinski definition) is 2. The molecule has 2 N–H and O–H groups in total. The zero-order chi connectivity index (χ0) is 9.80. The van der Waals surface area contributed by atoms with Crippen LogP contribution in [0.25, 0.3) is 0 Å². The van der Waals surface area contributed by atoms with E-state index >= 15 is 0 Å². The first kappa shape index (κ1) is 10.4. The Hall–Kier alpha value is -0.120. The zero-order valence-electron chi connectivity index (χ0n) is 9.26. The van der Waals surface area contributed by atoms with E-state index in [0.29, 0.717) is 0 Å². The number of hydrogen-bond acceptors (Lipinski definition) is 3. The van der Waals surface area contributed by atoms with E-state index in [-0.39, 0.29) is 0 Å². The predicted molar refractivity (Wildman–Crippen MR) is 59.5 cm³/mol. The van der Waals surface area contributed by atoms with Crippen LogP contribution in [-0.4, -0.2) is 49.7 Å². The van der Waals surface area contributed by atoms with Gasteiger partial charge in [-0.05, 0) is 38.9 Å². The lowest BCUT2D eigenvalue weighted by Gasteiger charge is -2.27. The van der Waals surface area contributed by atoms with Gasteiger partial charge in [-0.3, -0.25) is 0 Å². The van der Waals surface area contributed by atoms with E-state index in [0.717, 1.165) is 12.1 Å². The summed E-state index contributed by atoms with van der Waals surface area (Å²) >= 11 is 0. The maximum atomic E-state index is 3.78. The van der Waals surface area contributed by atoms with Gasteiger partial charge in [-0.1, -0.05) is 6.92 Å². The molecule has 0 aromatic carbocycles. The molecule has 2 atom stereocenters. The van der Waals surface area contributed by atoms with Crippen molar-refractivity contribution in [2.75, 3.05) is 32.7 Å². The molecule has 2 aliphatic rings. The van der Waals surface area contributed by atoms with Gasteiger partial charge in [0.05, 0.1) is 0 Å². The quantitative estimate of drug-likeness (QED) is 0.687. The van der Waals surface area contributed by atoms with Crippen LogP contribution in [0.1, 0.15) is 26.2 Å². The zero-order valence-corrected chi connectivity index (χ0v) is 9.26. The van der Waals surface area contributed by atoms with Crippen molar-refractivity contribution in [3.63, 3.8) is 0 Å². The SMILES string of the molecule is CCN1CCC(NC2CCCNC2)C1. The number of nitrogens with one attached hydrogen (secondary N) is 2. The molecule has 0 saturated carbocycles. The Labute approximate surface area is 87.2 Å². The molecule has 3 heteroatoms. The number of likely N-dealkylation sites (N-methyl/N-ethyl adjacent to an activating group) is 1. The van der Waals surface area contributed by atoms with Crippen molar-refractivity contribution >= 4 is 0 Å². The van der Waals surface area contributed by atoms with Gasteiger partial charge >= 0.3 is 0 Å². The first-order chi connectivity index (χ1) is 6.88. The lowest BCUT2D eigenvalue weighted by atomic mass is 10.1. The molecule has 2 fully saturated rings. The summed E-state index contributed by atoms with van der Waals surface area (Å²) in [5, 5.41) is 7.24. The number of nitrogens with zero attached hydrogens (tertiary/aromatic N) is 1. The molecule has 0 spiro atoms. The van der Waals surface area contributed by atoms with Gasteiger partial charge in [0.15, 0.2) is 0 Å². The molecule has 0 amide bonds. The van der Waals surface area contributed by atoms with Crippen LogP contribution in [-0.2, 0) is 0 Å². The standard InChI is InChI=1S/C11H23N3/c1-2-14-7-5-11(9-14)13-10-4-3-6-12-8-10/h10-13H,2-9H2,1H3. The van der Waals surface area contributed by atoms with Gasteiger partial charge in [0.1, 0.15) is 0 Å². The van der Waals surface area contributed by atoms with Crippen molar-refractivity contribution < 1.29 is 0 Å². The van der Waals surface area contributed by atoms with E-state index in [9.17, 15) is 0 Å². The molecular weight excluding hydrogens is 174 g/mol. The molecule has 0 aromatic rings. The van der Waals surface area contributed by atoms with Crippen molar-refractivity contribution in [1.29, 1.82) is 0 Å². The van der Waals surface area contributed by atoms with Crippen molar-refractivity contribution in [1.82, 2.24) is 15.5 Å². The largest absolute Gasteiger partial charge is 0.315 e. The number of piperidine rings is 1. The summed E-state index contributed by atoms with van der Waals surface area (Å²) in [6.07, 6.45) is 4.03. The van der Waals surface area contributed by atoms with Gasteiger partial charge in [-0.25, -0.2) is 0 Å². The van der Waals surface area contributed by atoms with E-state index in [1.807, 2.05) is 0 Å². The second kappa shape index (κ2) is 5.10. The summed E-state index contributed by atoms with van der Waals surface area (Å²) in [6.45, 7) is 8.39. The molecule has 0 aromatic heterocycles. The van der Waals surface area contributed by atoms with E-state index in [1.165, 1.54) is 52.0 Å². The summed E-state index contributed by atoms with van der Waals surface area (Å²) < 4.78 is 0. The highest BCUT2D eigenvalue weighted by molar-refractivity contribution is 4.85. The van der Waals surface area contributed by atoms with Crippen LogP contribution >= 0.6 is 0 Å². The van der Waals surface area contributed by atoms with Crippen LogP contribution in [0, 0.1) is 0 Å². The predicted octanol–water partition coefficient (Wildman–Crippen LogP) is 0.422. The van der Waals surface area contributed by atoms with Gasteiger partial charge in [0.2, 0.25) is 0 Å². The van der Waals surface area contributed by atoms with Crippen LogP contribution in [0.3, 0.4) is 0 Å². The second-order valence-corrected chi connectivity index (χ2v) is 4.59. The van der Waals surface area contributed by atoms with Crippen LogP contribution in [0.5, 0.6) is 0 Å². The minimum atomic E-state index is 0.727. The molecule has 3 nitrogen and oxygen atoms in total. The average molecular weight is 197 g/mol. The van der Waals surface area contributed by atoms with Crippen molar-refractivity contribution in [2.24, 2.45) is 0 Å². The average Bonchev–Trinajstić information content (AvgIpc) is 2.67. The van der Waals surface area contributed by atoms with Crippen LogP contribution in [0.15, 0.2) is 0 Å². The lowest BCUT2D eigenvalue weighted by Crippen LogP contribution is -2.48. The van der Waals surface area contributed by atoms with E-state index in [4.69, 9.17) is 0 Å². The Kier molecular flexibility index (Phi) is 3.79. The van der Waals surface area contributed by atoms with Gasteiger partial charge < -0.3 is 15.5 Å². The smallest absolute Gasteiger partial charge is 0.0210 e. The van der Waals surface area contributed by atoms with Crippen LogP contribution < -0.4 is 10.6 Å². The Balaban J connectivity index is 1.69. The molecule has 82 valence electrons. The van der Waals surface area contributed by atoms with E-state index < -0.39 is 0 Å². The third-order valence-electron chi connectivity index (χ3n) is 3.49. The lowest BCUT2D eigenvalue weighted by molar-refractivity contribution is 0.319. The van der Waals surface area contributed by atoms with Crippen molar-refractivity contribution in [3.8, 4) is 0 Å². The Morgan fingerprint density at radius 2 is 2.29 bits per heavy atom. The molecule has 0 radical (unpaired) electrons. The summed E-state index contributed by atoms with van der Waals surface area (Å²) in [5.74, 6) is 0. The Morgan fingerprint density at radius 1 is 1.36 bits per heavy atom. The highest BCUT2D eigenvalue weighted by Crippen LogP contribution is 2.11. The van der Waals surface area contributed by atoms with Gasteiger partial charge in [-0.2, -0.15) is 0 Å². The molecule has 2 saturated heterocycles. The summed E-state index contributed by atoms with van der Waals surface area (Å²) in [6, 6.07) is 1.48. The third-order valence-corrected chi connectivity index (χ3v) is 3.49. The Morgan fingerprint density at radius 3 is 2.93 bits per heavy atom. The fourth-order valence-corrected chi connectivity index (χ4v) is 2.58. The monoisotopic (exact) mass is 197 g/mol. The second-order valence-electron chi connectivity index (χ2n) is 4.59. The normalized spacial score (nSPS) is 34.9.